The van der Waals surface area contributed by atoms with Gasteiger partial charge in [0.15, 0.2) is 0 Å². The second-order valence-electron chi connectivity index (χ2n) is 11.7. The average Bonchev–Trinajstić information content (AvgIpc) is 3.52. The highest BCUT2D eigenvalue weighted by molar-refractivity contribution is 5.94. The summed E-state index contributed by atoms with van der Waals surface area (Å²) in [5.74, 6) is -4.55. The molecule has 45 heavy (non-hydrogen) atoms. The van der Waals surface area contributed by atoms with Crippen molar-refractivity contribution in [2.24, 2.45) is 11.8 Å². The molecular weight excluding hydrogens is 618 g/mol. The van der Waals surface area contributed by atoms with E-state index in [1.165, 1.54) is 6.20 Å². The smallest absolute Gasteiger partial charge is 0.347 e. The second kappa shape index (κ2) is 12.5. The number of aromatic nitrogens is 5. The maximum atomic E-state index is 14.0. The molecule has 2 atom stereocenters. The number of aryl methyl sites for hydroxylation is 1. The van der Waals surface area contributed by atoms with Crippen LogP contribution in [0.5, 0.6) is 0 Å². The van der Waals surface area contributed by atoms with Gasteiger partial charge in [-0.25, -0.2) is 18.7 Å². The number of halogens is 8. The molecule has 0 spiro atoms. The first-order chi connectivity index (χ1) is 21.1. The molecular formula is C28H31F8N7O2. The van der Waals surface area contributed by atoms with Gasteiger partial charge >= 0.3 is 12.4 Å². The van der Waals surface area contributed by atoms with E-state index in [-0.39, 0.29) is 30.1 Å². The number of carbonyl (C=O) groups excluding carboxylic acids is 2. The van der Waals surface area contributed by atoms with Crippen LogP contribution < -0.4 is 10.6 Å². The van der Waals surface area contributed by atoms with E-state index in [2.05, 4.69) is 25.7 Å². The number of carbonyl (C=O) groups is 2. The fraction of sp³-hybridized carbons (Fsp3) is 0.607. The lowest BCUT2D eigenvalue weighted by Crippen LogP contribution is -2.37. The van der Waals surface area contributed by atoms with E-state index in [4.69, 9.17) is 0 Å². The molecule has 246 valence electrons. The quantitative estimate of drug-likeness (QED) is 0.245. The normalized spacial score (nSPS) is 18.9. The van der Waals surface area contributed by atoms with Crippen molar-refractivity contribution in [3.05, 3.63) is 47.8 Å². The summed E-state index contributed by atoms with van der Waals surface area (Å²) in [7, 11) is 0. The second-order valence-corrected chi connectivity index (χ2v) is 11.7. The van der Waals surface area contributed by atoms with E-state index in [1.54, 1.807) is 22.9 Å². The highest BCUT2D eigenvalue weighted by Gasteiger charge is 2.40. The minimum absolute atomic E-state index is 0.00258. The number of hydrogen-bond acceptors (Lipinski definition) is 5. The molecule has 3 aromatic heterocycles. The lowest BCUT2D eigenvalue weighted by Gasteiger charge is -2.33. The van der Waals surface area contributed by atoms with Gasteiger partial charge in [-0.15, -0.1) is 0 Å². The van der Waals surface area contributed by atoms with Crippen molar-refractivity contribution in [1.82, 2.24) is 34.8 Å². The van der Waals surface area contributed by atoms with Crippen LogP contribution >= 0.6 is 0 Å². The maximum absolute atomic E-state index is 14.0. The molecule has 3 heterocycles. The number of nitrogens with one attached hydrogen (secondary N) is 2. The van der Waals surface area contributed by atoms with Crippen molar-refractivity contribution < 1.29 is 44.7 Å². The number of amides is 2. The Morgan fingerprint density at radius 1 is 0.889 bits per heavy atom. The molecule has 0 aliphatic heterocycles. The predicted octanol–water partition coefficient (Wildman–Crippen LogP) is 6.08. The number of fused-ring (bicyclic) bond motifs is 1. The number of alkyl halides is 8. The third-order valence-electron chi connectivity index (χ3n) is 8.09. The lowest BCUT2D eigenvalue weighted by atomic mass is 9.81. The Hall–Kier alpha value is -3.79. The highest BCUT2D eigenvalue weighted by Crippen LogP contribution is 2.42. The Labute approximate surface area is 251 Å². The molecule has 2 saturated carbocycles. The molecule has 2 N–H and O–H groups in total. The number of hydrogen-bond donors (Lipinski definition) is 2. The van der Waals surface area contributed by atoms with Crippen molar-refractivity contribution in [2.45, 2.75) is 94.7 Å². The topological polar surface area (TPSA) is 106 Å². The molecule has 2 aliphatic rings. The first kappa shape index (κ1) is 32.6. The molecule has 2 fully saturated rings. The summed E-state index contributed by atoms with van der Waals surface area (Å²) in [6, 6.07) is 0.134. The first-order valence-corrected chi connectivity index (χ1v) is 14.5. The van der Waals surface area contributed by atoms with Gasteiger partial charge < -0.3 is 10.6 Å². The maximum Gasteiger partial charge on any atom is 0.390 e. The first-order valence-electron chi connectivity index (χ1n) is 14.5. The summed E-state index contributed by atoms with van der Waals surface area (Å²) in [6.45, 7) is -0.483. The number of rotatable bonds is 11. The standard InChI is InChI=1S/C28H31F8N7O2/c29-26(30)7-3-17(4-8-26)23(41-24(45)18-13-37-43(14-18)12-10-28(34,35)36)20-15-42-11-6-19(38-25(42)39-20)22(16-1-2-16)40-21(44)5-9-27(31,32)33/h6,11,13-17,22-23H,1-5,7-10,12H2,(H,40,44)(H,41,45)/t22-,23-/m0/s1. The van der Waals surface area contributed by atoms with Gasteiger partial charge in [0, 0.05) is 44.4 Å². The van der Waals surface area contributed by atoms with Crippen LogP contribution in [0.15, 0.2) is 30.9 Å². The van der Waals surface area contributed by atoms with Gasteiger partial charge in [0.25, 0.3) is 5.91 Å². The average molecular weight is 650 g/mol. The van der Waals surface area contributed by atoms with Crippen LogP contribution in [0.4, 0.5) is 35.1 Å². The summed E-state index contributed by atoms with van der Waals surface area (Å²) in [5, 5.41) is 9.26. The zero-order chi connectivity index (χ0) is 32.6. The lowest BCUT2D eigenvalue weighted by molar-refractivity contribution is -0.144. The molecule has 0 bridgehead atoms. The van der Waals surface area contributed by atoms with Crippen LogP contribution in [-0.4, -0.2) is 54.2 Å². The Balaban J connectivity index is 1.36. The van der Waals surface area contributed by atoms with Crippen molar-refractivity contribution in [2.75, 3.05) is 0 Å². The third-order valence-corrected chi connectivity index (χ3v) is 8.09. The van der Waals surface area contributed by atoms with Gasteiger partial charge in [0.2, 0.25) is 17.6 Å². The summed E-state index contributed by atoms with van der Waals surface area (Å²) < 4.78 is 106. The SMILES string of the molecule is O=C(CCC(F)(F)F)N[C@H](c1ccn2cc([C@@H](NC(=O)c3cnn(CCC(F)(F)F)c3)C3CCC(F)(F)CC3)nc2n1)C1CC1. The molecule has 0 unspecified atom stereocenters. The fourth-order valence-electron chi connectivity index (χ4n) is 5.49. The molecule has 0 radical (unpaired) electrons. The van der Waals surface area contributed by atoms with Gasteiger partial charge in [-0.1, -0.05) is 0 Å². The monoisotopic (exact) mass is 649 g/mol. The minimum atomic E-state index is -4.47. The molecule has 9 nitrogen and oxygen atoms in total. The highest BCUT2D eigenvalue weighted by atomic mass is 19.4. The Bertz CT molecular complexity index is 1500. The Morgan fingerprint density at radius 2 is 1.51 bits per heavy atom. The van der Waals surface area contributed by atoms with Gasteiger partial charge in [0.1, 0.15) is 0 Å². The van der Waals surface area contributed by atoms with Crippen LogP contribution in [0.3, 0.4) is 0 Å². The molecule has 0 aromatic carbocycles. The Kier molecular flexibility index (Phi) is 9.08. The number of nitrogens with zero attached hydrogens (tertiary/aromatic N) is 5. The van der Waals surface area contributed by atoms with E-state index in [0.29, 0.717) is 11.4 Å². The zero-order valence-corrected chi connectivity index (χ0v) is 23.8. The van der Waals surface area contributed by atoms with Crippen LogP contribution in [0.2, 0.25) is 0 Å². The molecule has 2 aliphatic carbocycles. The van der Waals surface area contributed by atoms with Gasteiger partial charge in [0.05, 0.1) is 48.1 Å². The van der Waals surface area contributed by atoms with Gasteiger partial charge in [-0.05, 0) is 43.6 Å². The van der Waals surface area contributed by atoms with Crippen LogP contribution in [0, 0.1) is 11.8 Å². The van der Waals surface area contributed by atoms with Crippen LogP contribution in [0.25, 0.3) is 5.78 Å². The third kappa shape index (κ3) is 8.90. The molecule has 0 saturated heterocycles. The molecule has 17 heteroatoms. The largest absolute Gasteiger partial charge is 0.390 e. The van der Waals surface area contributed by atoms with E-state index in [0.717, 1.165) is 23.7 Å². The van der Waals surface area contributed by atoms with Crippen LogP contribution in [0.1, 0.15) is 91.6 Å². The van der Waals surface area contributed by atoms with Crippen molar-refractivity contribution in [3.8, 4) is 0 Å². The summed E-state index contributed by atoms with van der Waals surface area (Å²) in [6.07, 6.45) is -5.65. The van der Waals surface area contributed by atoms with Crippen molar-refractivity contribution >= 4 is 17.6 Å². The van der Waals surface area contributed by atoms with Gasteiger partial charge in [-0.2, -0.15) is 31.4 Å². The predicted molar refractivity (Wildman–Crippen MR) is 142 cm³/mol. The van der Waals surface area contributed by atoms with E-state index in [9.17, 15) is 44.7 Å². The van der Waals surface area contributed by atoms with Crippen molar-refractivity contribution in [1.29, 1.82) is 0 Å². The zero-order valence-electron chi connectivity index (χ0n) is 23.8. The Morgan fingerprint density at radius 3 is 2.16 bits per heavy atom. The summed E-state index contributed by atoms with van der Waals surface area (Å²) >= 11 is 0. The van der Waals surface area contributed by atoms with Gasteiger partial charge in [-0.3, -0.25) is 18.7 Å². The van der Waals surface area contributed by atoms with Crippen LogP contribution in [-0.2, 0) is 11.3 Å². The molecule has 2 amide bonds. The summed E-state index contributed by atoms with van der Waals surface area (Å²) in [5.41, 5.74) is 0.692. The molecule has 3 aromatic rings. The summed E-state index contributed by atoms with van der Waals surface area (Å²) in [4.78, 5) is 34.5. The van der Waals surface area contributed by atoms with E-state index < -0.39 is 86.7 Å². The fourth-order valence-corrected chi connectivity index (χ4v) is 5.49. The molecule has 5 rings (SSSR count). The van der Waals surface area contributed by atoms with E-state index in [1.807, 2.05) is 0 Å². The minimum Gasteiger partial charge on any atom is -0.347 e. The number of imidazole rings is 1. The van der Waals surface area contributed by atoms with Crippen molar-refractivity contribution in [3.63, 3.8) is 0 Å². The van der Waals surface area contributed by atoms with E-state index >= 15 is 0 Å².